The van der Waals surface area contributed by atoms with Crippen molar-refractivity contribution in [1.82, 2.24) is 4.90 Å². The van der Waals surface area contributed by atoms with E-state index in [9.17, 15) is 4.79 Å². The highest BCUT2D eigenvalue weighted by Crippen LogP contribution is 2.31. The lowest BCUT2D eigenvalue weighted by Crippen LogP contribution is -2.50. The molecular formula is C16H19BrN2O2. The van der Waals surface area contributed by atoms with Crippen LogP contribution in [0.15, 0.2) is 28.7 Å². The van der Waals surface area contributed by atoms with E-state index in [1.165, 1.54) is 31.1 Å². The van der Waals surface area contributed by atoms with Gasteiger partial charge in [-0.15, -0.1) is 0 Å². The summed E-state index contributed by atoms with van der Waals surface area (Å²) in [5.41, 5.74) is 2.10. The number of halogens is 1. The summed E-state index contributed by atoms with van der Waals surface area (Å²) in [6.45, 7) is 4.53. The zero-order valence-electron chi connectivity index (χ0n) is 11.8. The highest BCUT2D eigenvalue weighted by molar-refractivity contribution is 9.10. The maximum Gasteiger partial charge on any atom is 0.328 e. The third-order valence-corrected chi connectivity index (χ3v) is 4.95. The fraction of sp³-hybridized carbons (Fsp3) is 0.438. The van der Waals surface area contributed by atoms with Crippen LogP contribution in [-0.4, -0.2) is 48.2 Å². The second-order valence-corrected chi connectivity index (χ2v) is 6.51. The molecule has 2 aliphatic heterocycles. The number of carboxylic acid groups (broad SMARTS) is 1. The van der Waals surface area contributed by atoms with Crippen molar-refractivity contribution in [3.8, 4) is 0 Å². The molecule has 5 heteroatoms. The molecule has 2 fully saturated rings. The second-order valence-electron chi connectivity index (χ2n) is 5.66. The smallest absolute Gasteiger partial charge is 0.328 e. The number of aliphatic carboxylic acids is 1. The first-order valence-corrected chi connectivity index (χ1v) is 8.12. The maximum absolute atomic E-state index is 10.6. The van der Waals surface area contributed by atoms with Crippen LogP contribution in [0.4, 0.5) is 5.69 Å². The molecule has 112 valence electrons. The number of hydrogen-bond acceptors (Lipinski definition) is 3. The van der Waals surface area contributed by atoms with Gasteiger partial charge >= 0.3 is 5.97 Å². The van der Waals surface area contributed by atoms with Crippen molar-refractivity contribution in [3.05, 3.63) is 34.3 Å². The van der Waals surface area contributed by atoms with Gasteiger partial charge in [0.25, 0.3) is 0 Å². The summed E-state index contributed by atoms with van der Waals surface area (Å²) >= 11 is 3.63. The fourth-order valence-corrected chi connectivity index (χ4v) is 3.91. The number of rotatable bonds is 3. The topological polar surface area (TPSA) is 43.8 Å². The molecule has 1 aromatic carbocycles. The summed E-state index contributed by atoms with van der Waals surface area (Å²) in [4.78, 5) is 15.6. The summed E-state index contributed by atoms with van der Waals surface area (Å²) in [5, 5.41) is 8.68. The fourth-order valence-electron chi connectivity index (χ4n) is 3.26. The van der Waals surface area contributed by atoms with Crippen molar-refractivity contribution in [1.29, 1.82) is 0 Å². The van der Waals surface area contributed by atoms with E-state index in [1.807, 2.05) is 12.1 Å². The van der Waals surface area contributed by atoms with Gasteiger partial charge in [0.15, 0.2) is 0 Å². The molecule has 0 amide bonds. The van der Waals surface area contributed by atoms with E-state index in [0.29, 0.717) is 6.04 Å². The Morgan fingerprint density at radius 2 is 2.19 bits per heavy atom. The first-order valence-electron chi connectivity index (χ1n) is 7.33. The zero-order valence-corrected chi connectivity index (χ0v) is 13.4. The molecule has 2 heterocycles. The van der Waals surface area contributed by atoms with E-state index in [4.69, 9.17) is 5.11 Å². The van der Waals surface area contributed by atoms with Crippen LogP contribution >= 0.6 is 15.9 Å². The van der Waals surface area contributed by atoms with Gasteiger partial charge in [-0.25, -0.2) is 4.79 Å². The lowest BCUT2D eigenvalue weighted by Gasteiger charge is -2.39. The molecule has 1 unspecified atom stereocenters. The molecule has 21 heavy (non-hydrogen) atoms. The Bertz CT molecular complexity index is 573. The molecule has 4 nitrogen and oxygen atoms in total. The minimum atomic E-state index is -0.924. The molecule has 0 spiro atoms. The molecule has 1 aromatic rings. The lowest BCUT2D eigenvalue weighted by molar-refractivity contribution is -0.131. The van der Waals surface area contributed by atoms with E-state index < -0.39 is 5.97 Å². The summed E-state index contributed by atoms with van der Waals surface area (Å²) in [6, 6.07) is 6.73. The van der Waals surface area contributed by atoms with E-state index >= 15 is 0 Å². The normalized spacial score (nSPS) is 22.7. The van der Waals surface area contributed by atoms with Crippen LogP contribution in [0.5, 0.6) is 0 Å². The Labute approximate surface area is 133 Å². The molecule has 3 rings (SSSR count). The standard InChI is InChI=1S/C16H19BrN2O2/c17-14-10-12(4-6-16(20)21)3-5-15(14)19-9-8-18-7-1-2-13(18)11-19/h3-6,10,13H,1-2,7-9,11H2,(H,20,21)/b6-4+. The third-order valence-electron chi connectivity index (χ3n) is 4.32. The molecule has 2 saturated heterocycles. The van der Waals surface area contributed by atoms with Crippen molar-refractivity contribution >= 4 is 33.7 Å². The Morgan fingerprint density at radius 1 is 1.33 bits per heavy atom. The quantitative estimate of drug-likeness (QED) is 0.851. The Morgan fingerprint density at radius 3 is 2.95 bits per heavy atom. The summed E-state index contributed by atoms with van der Waals surface area (Å²) < 4.78 is 1.03. The minimum Gasteiger partial charge on any atom is -0.478 e. The summed E-state index contributed by atoms with van der Waals surface area (Å²) in [6.07, 6.45) is 5.40. The largest absolute Gasteiger partial charge is 0.478 e. The van der Waals surface area contributed by atoms with Crippen LogP contribution in [0.25, 0.3) is 6.08 Å². The van der Waals surface area contributed by atoms with Gasteiger partial charge in [0, 0.05) is 36.2 Å². The first-order chi connectivity index (χ1) is 10.1. The van der Waals surface area contributed by atoms with Crippen LogP contribution in [0, 0.1) is 0 Å². The number of fused-ring (bicyclic) bond motifs is 1. The van der Waals surface area contributed by atoms with Crippen molar-refractivity contribution in [2.24, 2.45) is 0 Å². The number of carboxylic acids is 1. The van der Waals surface area contributed by atoms with Crippen molar-refractivity contribution < 1.29 is 9.90 Å². The van der Waals surface area contributed by atoms with Crippen molar-refractivity contribution in [3.63, 3.8) is 0 Å². The predicted octanol–water partition coefficient (Wildman–Crippen LogP) is 2.83. The van der Waals surface area contributed by atoms with E-state index in [1.54, 1.807) is 6.08 Å². The van der Waals surface area contributed by atoms with Gasteiger partial charge in [-0.05, 0) is 59.1 Å². The molecule has 0 saturated carbocycles. The van der Waals surface area contributed by atoms with Crippen LogP contribution in [0.3, 0.4) is 0 Å². The molecule has 0 aromatic heterocycles. The van der Waals surface area contributed by atoms with E-state index in [2.05, 4.69) is 31.8 Å². The van der Waals surface area contributed by atoms with Crippen LogP contribution in [-0.2, 0) is 4.79 Å². The van der Waals surface area contributed by atoms with Gasteiger partial charge in [-0.1, -0.05) is 6.07 Å². The first kappa shape index (κ1) is 14.6. The molecule has 0 aliphatic carbocycles. The molecule has 2 aliphatic rings. The highest BCUT2D eigenvalue weighted by Gasteiger charge is 2.31. The molecule has 1 N–H and O–H groups in total. The lowest BCUT2D eigenvalue weighted by atomic mass is 10.1. The van der Waals surface area contributed by atoms with Gasteiger partial charge in [-0.3, -0.25) is 4.90 Å². The van der Waals surface area contributed by atoms with Crippen LogP contribution in [0.1, 0.15) is 18.4 Å². The third kappa shape index (κ3) is 3.30. The van der Waals surface area contributed by atoms with E-state index in [-0.39, 0.29) is 0 Å². The minimum absolute atomic E-state index is 0.692. The predicted molar refractivity (Wildman–Crippen MR) is 87.6 cm³/mol. The Balaban J connectivity index is 1.75. The van der Waals surface area contributed by atoms with Gasteiger partial charge in [0.1, 0.15) is 0 Å². The van der Waals surface area contributed by atoms with Crippen molar-refractivity contribution in [2.45, 2.75) is 18.9 Å². The molecular weight excluding hydrogens is 332 g/mol. The van der Waals surface area contributed by atoms with Crippen LogP contribution in [0.2, 0.25) is 0 Å². The highest BCUT2D eigenvalue weighted by atomic mass is 79.9. The summed E-state index contributed by atoms with van der Waals surface area (Å²) in [5.74, 6) is -0.924. The number of carbonyl (C=O) groups is 1. The Kier molecular flexibility index (Phi) is 4.31. The SMILES string of the molecule is O=C(O)/C=C/c1ccc(N2CCN3CCCC3C2)c(Br)c1. The van der Waals surface area contributed by atoms with Gasteiger partial charge in [-0.2, -0.15) is 0 Å². The number of piperazine rings is 1. The van der Waals surface area contributed by atoms with Crippen molar-refractivity contribution in [2.75, 3.05) is 31.1 Å². The second kappa shape index (κ2) is 6.20. The monoisotopic (exact) mass is 350 g/mol. The van der Waals surface area contributed by atoms with Gasteiger partial charge in [0.2, 0.25) is 0 Å². The van der Waals surface area contributed by atoms with Gasteiger partial charge < -0.3 is 10.0 Å². The number of benzene rings is 1. The average Bonchev–Trinajstić information content (AvgIpc) is 2.92. The maximum atomic E-state index is 10.6. The van der Waals surface area contributed by atoms with Gasteiger partial charge in [0.05, 0.1) is 5.69 Å². The van der Waals surface area contributed by atoms with E-state index in [0.717, 1.165) is 29.7 Å². The number of anilines is 1. The molecule has 0 bridgehead atoms. The zero-order chi connectivity index (χ0) is 14.8. The number of hydrogen-bond donors (Lipinski definition) is 1. The molecule has 0 radical (unpaired) electrons. The number of nitrogens with zero attached hydrogens (tertiary/aromatic N) is 2. The van der Waals surface area contributed by atoms with Crippen LogP contribution < -0.4 is 4.90 Å². The summed E-state index contributed by atoms with van der Waals surface area (Å²) in [7, 11) is 0. The Hall–Kier alpha value is -1.33. The average molecular weight is 351 g/mol. The molecule has 1 atom stereocenters.